The highest BCUT2D eigenvalue weighted by atomic mass is 32.1. The van der Waals surface area contributed by atoms with Gasteiger partial charge in [-0.05, 0) is 100 Å². The molecule has 0 saturated carbocycles. The van der Waals surface area contributed by atoms with Crippen LogP contribution in [0.3, 0.4) is 0 Å². The summed E-state index contributed by atoms with van der Waals surface area (Å²) in [5.74, 6) is 0.285. The van der Waals surface area contributed by atoms with Crippen LogP contribution in [-0.2, 0) is 0 Å². The molecule has 0 fully saturated rings. The molecule has 2 aromatic heterocycles. The van der Waals surface area contributed by atoms with Gasteiger partial charge in [0.2, 0.25) is 0 Å². The number of rotatable bonds is 7. The summed E-state index contributed by atoms with van der Waals surface area (Å²) < 4.78 is 5.11. The summed E-state index contributed by atoms with van der Waals surface area (Å²) in [6.45, 7) is 0. The zero-order valence-electron chi connectivity index (χ0n) is 33.4. The molecule has 1 unspecified atom stereocenters. The fraction of sp³-hybridized carbons (Fsp3) is 0.0345. The number of hydrogen-bond acceptors (Lipinski definition) is 2. The van der Waals surface area contributed by atoms with Gasteiger partial charge in [0.05, 0.1) is 16.7 Å². The van der Waals surface area contributed by atoms with E-state index in [9.17, 15) is 0 Å². The average molecular weight is 797 g/mol. The smallest absolute Gasteiger partial charge is 0.0547 e. The van der Waals surface area contributed by atoms with E-state index in [1.54, 1.807) is 0 Å². The van der Waals surface area contributed by atoms with Crippen LogP contribution in [0.2, 0.25) is 0 Å². The molecule has 3 heteroatoms. The lowest BCUT2D eigenvalue weighted by atomic mass is 9.91. The van der Waals surface area contributed by atoms with Crippen molar-refractivity contribution in [1.82, 2.24) is 4.57 Å². The summed E-state index contributed by atoms with van der Waals surface area (Å²) in [7, 11) is 0. The van der Waals surface area contributed by atoms with Crippen LogP contribution in [0.1, 0.15) is 17.9 Å². The minimum absolute atomic E-state index is 0.285. The summed E-state index contributed by atoms with van der Waals surface area (Å²) >= 11 is 1.88. The lowest BCUT2D eigenvalue weighted by Gasteiger charge is -2.28. The Morgan fingerprint density at radius 3 is 1.92 bits per heavy atom. The van der Waals surface area contributed by atoms with Crippen molar-refractivity contribution in [3.63, 3.8) is 0 Å². The summed E-state index contributed by atoms with van der Waals surface area (Å²) in [6.07, 6.45) is 8.07. The Morgan fingerprint density at radius 2 is 1.11 bits per heavy atom. The maximum atomic E-state index is 2.45. The van der Waals surface area contributed by atoms with Gasteiger partial charge >= 0.3 is 0 Å². The molecule has 2 heterocycles. The fourth-order valence-electron chi connectivity index (χ4n) is 9.55. The van der Waals surface area contributed by atoms with E-state index in [-0.39, 0.29) is 5.92 Å². The third-order valence-electron chi connectivity index (χ3n) is 12.5. The number of hydrogen-bond donors (Lipinski definition) is 0. The monoisotopic (exact) mass is 796 g/mol. The van der Waals surface area contributed by atoms with Crippen LogP contribution < -0.4 is 4.90 Å². The van der Waals surface area contributed by atoms with Gasteiger partial charge in [0, 0.05) is 59.5 Å². The minimum atomic E-state index is 0.285. The molecule has 1 atom stereocenters. The maximum Gasteiger partial charge on any atom is 0.0547 e. The van der Waals surface area contributed by atoms with Crippen LogP contribution in [0, 0.1) is 0 Å². The summed E-state index contributed by atoms with van der Waals surface area (Å²) in [6, 6.07) is 75.5. The van der Waals surface area contributed by atoms with Crippen LogP contribution >= 0.6 is 11.3 Å². The molecule has 0 N–H and O–H groups in total. The Hall–Kier alpha value is -7.46. The second kappa shape index (κ2) is 14.7. The van der Waals surface area contributed by atoms with Crippen molar-refractivity contribution >= 4 is 86.8 Å². The van der Waals surface area contributed by atoms with Gasteiger partial charge in [0.1, 0.15) is 0 Å². The van der Waals surface area contributed by atoms with Crippen molar-refractivity contribution in [3.8, 4) is 22.3 Å². The molecule has 12 rings (SSSR count). The molecular formula is C58H40N2S. The van der Waals surface area contributed by atoms with Crippen molar-refractivity contribution in [2.75, 3.05) is 4.90 Å². The first kappa shape index (κ1) is 35.5. The first-order valence-corrected chi connectivity index (χ1v) is 21.9. The lowest BCUT2D eigenvalue weighted by molar-refractivity contribution is 0.850. The zero-order valence-corrected chi connectivity index (χ0v) is 34.3. The van der Waals surface area contributed by atoms with Crippen molar-refractivity contribution in [2.45, 2.75) is 12.3 Å². The Bertz CT molecular complexity index is 3500. The SMILES string of the molecule is C1=CC(c2ccc(N(c3ccc(-c4cccc5c4sc4ccccc45)cc3)c3ccccc3-c3ccccc3)cc2)CC=C1n1c2ccccc2c2cc3ccccc3cc21. The Kier molecular flexibility index (Phi) is 8.53. The van der Waals surface area contributed by atoms with Gasteiger partial charge in [-0.25, -0.2) is 0 Å². The predicted molar refractivity (Wildman–Crippen MR) is 263 cm³/mol. The topological polar surface area (TPSA) is 8.17 Å². The Labute approximate surface area is 359 Å². The quantitative estimate of drug-likeness (QED) is 0.156. The number of aromatic nitrogens is 1. The Balaban J connectivity index is 0.896. The molecule has 0 spiro atoms. The van der Waals surface area contributed by atoms with Gasteiger partial charge in [-0.1, -0.05) is 164 Å². The summed E-state index contributed by atoms with van der Waals surface area (Å²) in [5.41, 5.74) is 13.3. The third kappa shape index (κ3) is 6.08. The van der Waals surface area contributed by atoms with E-state index in [0.29, 0.717) is 0 Å². The number of benzene rings is 9. The fourth-order valence-corrected chi connectivity index (χ4v) is 10.8. The largest absolute Gasteiger partial charge is 0.310 e. The van der Waals surface area contributed by atoms with E-state index < -0.39 is 0 Å². The van der Waals surface area contributed by atoms with Gasteiger partial charge in [-0.3, -0.25) is 0 Å². The number of para-hydroxylation sites is 2. The molecule has 0 bridgehead atoms. The number of fused-ring (bicyclic) bond motifs is 7. The highest BCUT2D eigenvalue weighted by Crippen LogP contribution is 2.44. The normalized spacial score (nSPS) is 14.0. The van der Waals surface area contributed by atoms with Gasteiger partial charge in [0.15, 0.2) is 0 Å². The number of anilines is 3. The summed E-state index contributed by atoms with van der Waals surface area (Å²) in [4.78, 5) is 2.41. The van der Waals surface area contributed by atoms with E-state index in [0.717, 1.165) is 23.5 Å². The molecule has 2 nitrogen and oxygen atoms in total. The van der Waals surface area contributed by atoms with Gasteiger partial charge < -0.3 is 9.47 Å². The highest BCUT2D eigenvalue weighted by Gasteiger charge is 2.21. The number of thiophene rings is 1. The van der Waals surface area contributed by atoms with Crippen molar-refractivity contribution in [2.24, 2.45) is 0 Å². The Morgan fingerprint density at radius 1 is 0.475 bits per heavy atom. The molecule has 11 aromatic rings. The first-order chi connectivity index (χ1) is 30.2. The molecule has 0 saturated heterocycles. The van der Waals surface area contributed by atoms with Crippen LogP contribution in [0.15, 0.2) is 224 Å². The molecule has 61 heavy (non-hydrogen) atoms. The van der Waals surface area contributed by atoms with Crippen molar-refractivity contribution in [3.05, 3.63) is 230 Å². The van der Waals surface area contributed by atoms with Crippen molar-refractivity contribution < 1.29 is 0 Å². The van der Waals surface area contributed by atoms with Crippen LogP contribution in [-0.4, -0.2) is 4.57 Å². The van der Waals surface area contributed by atoms with Gasteiger partial charge in [-0.15, -0.1) is 11.3 Å². The molecule has 1 aliphatic rings. The zero-order chi connectivity index (χ0) is 40.3. The number of nitrogens with zero attached hydrogens (tertiary/aromatic N) is 2. The summed E-state index contributed by atoms with van der Waals surface area (Å²) in [5, 5.41) is 7.76. The van der Waals surface area contributed by atoms with Crippen LogP contribution in [0.4, 0.5) is 17.1 Å². The van der Waals surface area contributed by atoms with Gasteiger partial charge in [0.25, 0.3) is 0 Å². The van der Waals surface area contributed by atoms with E-state index in [2.05, 4.69) is 234 Å². The molecule has 0 aliphatic heterocycles. The molecule has 1 aliphatic carbocycles. The van der Waals surface area contributed by atoms with Crippen LogP contribution in [0.25, 0.3) is 80.7 Å². The van der Waals surface area contributed by atoms with Crippen molar-refractivity contribution in [1.29, 1.82) is 0 Å². The van der Waals surface area contributed by atoms with Crippen LogP contribution in [0.5, 0.6) is 0 Å². The first-order valence-electron chi connectivity index (χ1n) is 21.1. The average Bonchev–Trinajstić information content (AvgIpc) is 3.87. The number of allylic oxidation sites excluding steroid dienone is 4. The molecule has 9 aromatic carbocycles. The van der Waals surface area contributed by atoms with Gasteiger partial charge in [-0.2, -0.15) is 0 Å². The molecule has 0 radical (unpaired) electrons. The standard InChI is InChI=1S/C58H40N2S/c1-2-13-41(14-3-1)48-17-6-9-22-54(48)59(46-35-29-42(30-36-46)49-20-12-21-52-51-19-8-11-24-57(51)61-58(49)52)45-31-25-39(26-32-45)40-27-33-47(34-28-40)60-55-23-10-7-18-50(55)53-37-43-15-4-5-16-44(43)38-56(53)60/h1-27,29-38,40H,28H2. The third-order valence-corrected chi connectivity index (χ3v) is 13.7. The molecule has 288 valence electrons. The van der Waals surface area contributed by atoms with E-state index in [1.165, 1.54) is 86.3 Å². The maximum absolute atomic E-state index is 2.45. The van der Waals surface area contributed by atoms with E-state index in [1.807, 2.05) is 11.3 Å². The second-order valence-corrected chi connectivity index (χ2v) is 17.1. The lowest BCUT2D eigenvalue weighted by Crippen LogP contribution is -2.11. The highest BCUT2D eigenvalue weighted by molar-refractivity contribution is 7.26. The molecule has 0 amide bonds. The van der Waals surface area contributed by atoms with E-state index >= 15 is 0 Å². The predicted octanol–water partition coefficient (Wildman–Crippen LogP) is 16.7. The second-order valence-electron chi connectivity index (χ2n) is 16.0. The minimum Gasteiger partial charge on any atom is -0.310 e. The van der Waals surface area contributed by atoms with E-state index in [4.69, 9.17) is 0 Å². The molecular weight excluding hydrogens is 757 g/mol.